The molecular weight excluding hydrogens is 434 g/mol. The highest BCUT2D eigenvalue weighted by Crippen LogP contribution is 2.67. The van der Waals surface area contributed by atoms with Crippen LogP contribution < -0.4 is 10.6 Å². The first-order valence-electron chi connectivity index (χ1n) is 11.3. The molecule has 4 aliphatic rings. The topological polar surface area (TPSA) is 78.5 Å². The minimum absolute atomic E-state index is 0.0530. The lowest BCUT2D eigenvalue weighted by Crippen LogP contribution is -2.62. The molecule has 4 atom stereocenters. The fourth-order valence-corrected chi connectivity index (χ4v) is 7.81. The molecule has 0 bridgehead atoms. The van der Waals surface area contributed by atoms with Gasteiger partial charge in [0.2, 0.25) is 5.91 Å². The van der Waals surface area contributed by atoms with E-state index in [9.17, 15) is 14.4 Å². The number of carbonyl (C=O) groups excluding carboxylic acids is 3. The Hall–Kier alpha value is -3.29. The highest BCUT2D eigenvalue weighted by molar-refractivity contribution is 7.12. The normalized spacial score (nSPS) is 31.5. The van der Waals surface area contributed by atoms with Gasteiger partial charge >= 0.3 is 0 Å². The highest BCUT2D eigenvalue weighted by atomic mass is 32.1. The zero-order chi connectivity index (χ0) is 22.4. The van der Waals surface area contributed by atoms with Crippen LogP contribution in [-0.2, 0) is 20.5 Å². The molecule has 0 unspecified atom stereocenters. The second-order valence-electron chi connectivity index (χ2n) is 9.24. The number of Topliss-reactive ketones (excluding diaryl/α,β-unsaturated/α-hetero) is 1. The second-order valence-corrected chi connectivity index (χ2v) is 10.2. The zero-order valence-corrected chi connectivity index (χ0v) is 18.5. The molecule has 3 aromatic rings. The third-order valence-electron chi connectivity index (χ3n) is 8.05. The number of benzene rings is 2. The molecule has 0 saturated carbocycles. The molecule has 5 heterocycles. The van der Waals surface area contributed by atoms with Crippen molar-refractivity contribution in [2.24, 2.45) is 5.92 Å². The maximum Gasteiger partial charge on any atom is 0.251 e. The predicted molar refractivity (Wildman–Crippen MR) is 125 cm³/mol. The third-order valence-corrected chi connectivity index (χ3v) is 8.93. The van der Waals surface area contributed by atoms with Gasteiger partial charge in [-0.15, -0.1) is 11.3 Å². The number of nitrogens with one attached hydrogen (secondary N) is 2. The minimum atomic E-state index is -1.35. The molecule has 2 spiro atoms. The Morgan fingerprint density at radius 3 is 2.36 bits per heavy atom. The number of carbonyl (C=O) groups is 3. The zero-order valence-electron chi connectivity index (χ0n) is 17.7. The number of amides is 2. The number of thiophene rings is 1. The molecule has 2 fully saturated rings. The van der Waals surface area contributed by atoms with E-state index >= 15 is 0 Å². The molecule has 1 aromatic heterocycles. The number of anilines is 2. The van der Waals surface area contributed by atoms with Gasteiger partial charge in [0.25, 0.3) is 5.91 Å². The van der Waals surface area contributed by atoms with E-state index in [0.29, 0.717) is 22.8 Å². The molecule has 7 heteroatoms. The average molecular weight is 456 g/mol. The molecule has 0 aliphatic carbocycles. The van der Waals surface area contributed by atoms with Gasteiger partial charge in [-0.3, -0.25) is 19.3 Å². The lowest BCUT2D eigenvalue weighted by Gasteiger charge is -2.43. The van der Waals surface area contributed by atoms with E-state index in [-0.39, 0.29) is 23.6 Å². The molecule has 6 nitrogen and oxygen atoms in total. The smallest absolute Gasteiger partial charge is 0.251 e. The number of fused-ring (bicyclic) bond motifs is 7. The molecule has 2 N–H and O–H groups in total. The summed E-state index contributed by atoms with van der Waals surface area (Å²) in [4.78, 5) is 45.4. The summed E-state index contributed by atoms with van der Waals surface area (Å²) < 4.78 is 0. The van der Waals surface area contributed by atoms with Gasteiger partial charge in [0, 0.05) is 23.0 Å². The highest BCUT2D eigenvalue weighted by Gasteiger charge is 2.81. The van der Waals surface area contributed by atoms with Crippen LogP contribution in [0.2, 0.25) is 0 Å². The Balaban J connectivity index is 1.62. The summed E-state index contributed by atoms with van der Waals surface area (Å²) in [5, 5.41) is 8.01. The van der Waals surface area contributed by atoms with E-state index in [1.807, 2.05) is 66.0 Å². The molecule has 164 valence electrons. The van der Waals surface area contributed by atoms with E-state index in [4.69, 9.17) is 0 Å². The average Bonchev–Trinajstić information content (AvgIpc) is 3.62. The van der Waals surface area contributed by atoms with Crippen LogP contribution in [0.1, 0.15) is 33.6 Å². The van der Waals surface area contributed by atoms with E-state index in [0.717, 1.165) is 24.0 Å². The number of para-hydroxylation sites is 2. The van der Waals surface area contributed by atoms with Crippen molar-refractivity contribution in [2.45, 2.75) is 29.8 Å². The van der Waals surface area contributed by atoms with Gasteiger partial charge in [-0.25, -0.2) is 0 Å². The predicted octanol–water partition coefficient (Wildman–Crippen LogP) is 3.76. The summed E-state index contributed by atoms with van der Waals surface area (Å²) in [6, 6.07) is 18.7. The maximum atomic E-state index is 14.2. The third kappa shape index (κ3) is 2.02. The van der Waals surface area contributed by atoms with Crippen molar-refractivity contribution in [1.29, 1.82) is 0 Å². The lowest BCUT2D eigenvalue weighted by atomic mass is 9.57. The monoisotopic (exact) mass is 455 g/mol. The lowest BCUT2D eigenvalue weighted by molar-refractivity contribution is -0.137. The summed E-state index contributed by atoms with van der Waals surface area (Å²) in [7, 11) is 0. The Morgan fingerprint density at radius 1 is 0.909 bits per heavy atom. The maximum absolute atomic E-state index is 14.2. The van der Waals surface area contributed by atoms with E-state index in [1.165, 1.54) is 11.3 Å². The van der Waals surface area contributed by atoms with E-state index < -0.39 is 16.9 Å². The number of rotatable bonds is 2. The molecule has 4 aliphatic heterocycles. The van der Waals surface area contributed by atoms with Crippen LogP contribution in [0, 0.1) is 5.92 Å². The SMILES string of the molecule is O=C(c1cccs1)[C@@H]1[C@@H]2CCCN2[C@]2(C(=O)Nc3ccccc32)[C@@]12C(=O)Nc1ccccc12. The number of nitrogens with zero attached hydrogens (tertiary/aromatic N) is 1. The Labute approximate surface area is 194 Å². The largest absolute Gasteiger partial charge is 0.325 e. The van der Waals surface area contributed by atoms with Crippen LogP contribution in [0.15, 0.2) is 66.0 Å². The summed E-state index contributed by atoms with van der Waals surface area (Å²) in [5.41, 5.74) is 0.297. The van der Waals surface area contributed by atoms with E-state index in [2.05, 4.69) is 15.5 Å². The molecular formula is C26H21N3O3S. The molecule has 2 saturated heterocycles. The van der Waals surface area contributed by atoms with Crippen molar-refractivity contribution in [3.8, 4) is 0 Å². The van der Waals surface area contributed by atoms with Gasteiger partial charge in [-0.05, 0) is 48.5 Å². The Bertz CT molecular complexity index is 1350. The Kier molecular flexibility index (Phi) is 3.72. The van der Waals surface area contributed by atoms with Crippen LogP contribution in [0.5, 0.6) is 0 Å². The summed E-state index contributed by atoms with van der Waals surface area (Å²) in [5.74, 6) is -1.20. The van der Waals surface area contributed by atoms with Gasteiger partial charge in [-0.1, -0.05) is 42.5 Å². The fourth-order valence-electron chi connectivity index (χ4n) is 7.11. The van der Waals surface area contributed by atoms with Crippen molar-refractivity contribution in [3.63, 3.8) is 0 Å². The van der Waals surface area contributed by atoms with Crippen molar-refractivity contribution >= 4 is 40.3 Å². The molecule has 7 rings (SSSR count). The quantitative estimate of drug-likeness (QED) is 0.577. The summed E-state index contributed by atoms with van der Waals surface area (Å²) in [6.07, 6.45) is 1.66. The molecule has 33 heavy (non-hydrogen) atoms. The van der Waals surface area contributed by atoms with Crippen molar-refractivity contribution in [2.75, 3.05) is 17.2 Å². The van der Waals surface area contributed by atoms with Gasteiger partial charge in [0.05, 0.1) is 10.8 Å². The first-order valence-corrected chi connectivity index (χ1v) is 12.2. The Morgan fingerprint density at radius 2 is 1.61 bits per heavy atom. The van der Waals surface area contributed by atoms with Gasteiger partial charge in [-0.2, -0.15) is 0 Å². The van der Waals surface area contributed by atoms with Crippen LogP contribution in [-0.4, -0.2) is 35.1 Å². The molecule has 0 radical (unpaired) electrons. The fraction of sp³-hybridized carbons (Fsp3) is 0.269. The minimum Gasteiger partial charge on any atom is -0.325 e. The molecule has 2 aromatic carbocycles. The summed E-state index contributed by atoms with van der Waals surface area (Å²) >= 11 is 1.39. The number of ketones is 1. The first kappa shape index (κ1) is 19.2. The van der Waals surface area contributed by atoms with Gasteiger partial charge < -0.3 is 10.6 Å². The number of hydrogen-bond donors (Lipinski definition) is 2. The van der Waals surface area contributed by atoms with Crippen LogP contribution in [0.4, 0.5) is 11.4 Å². The van der Waals surface area contributed by atoms with Crippen LogP contribution >= 0.6 is 11.3 Å². The van der Waals surface area contributed by atoms with Gasteiger partial charge in [0.1, 0.15) is 11.0 Å². The summed E-state index contributed by atoms with van der Waals surface area (Å²) in [6.45, 7) is 0.665. The number of hydrogen-bond acceptors (Lipinski definition) is 5. The van der Waals surface area contributed by atoms with Gasteiger partial charge in [0.15, 0.2) is 5.78 Å². The van der Waals surface area contributed by atoms with Crippen molar-refractivity contribution in [1.82, 2.24) is 4.90 Å². The first-order chi connectivity index (χ1) is 16.1. The standard InChI is InChI=1S/C26H21N3O3S/c30-22(20-12-6-14-33-20)21-19-11-5-13-29(19)26(16-8-2-4-10-18(16)28-24(26)32)25(21)15-7-1-3-9-17(15)27-23(25)31/h1-4,6-10,12,14,19,21H,5,11,13H2,(H,27,31)(H,28,32)/t19-,21-,25+,26+/m0/s1. The van der Waals surface area contributed by atoms with Crippen molar-refractivity contribution < 1.29 is 14.4 Å². The molecule has 2 amide bonds. The van der Waals surface area contributed by atoms with Crippen LogP contribution in [0.3, 0.4) is 0 Å². The van der Waals surface area contributed by atoms with E-state index in [1.54, 1.807) is 0 Å². The van der Waals surface area contributed by atoms with Crippen LogP contribution in [0.25, 0.3) is 0 Å². The van der Waals surface area contributed by atoms with Crippen molar-refractivity contribution in [3.05, 3.63) is 82.0 Å². The second kappa shape index (κ2) is 6.40.